The van der Waals surface area contributed by atoms with Gasteiger partial charge in [-0.15, -0.1) is 10.2 Å². The first kappa shape index (κ1) is 31.3. The number of halogens is 1. The molecule has 6 aromatic rings. The molecule has 1 aliphatic heterocycles. The van der Waals surface area contributed by atoms with E-state index in [4.69, 9.17) is 4.74 Å². The van der Waals surface area contributed by atoms with Crippen molar-refractivity contribution in [3.8, 4) is 5.75 Å². The lowest BCUT2D eigenvalue weighted by Gasteiger charge is -2.22. The van der Waals surface area contributed by atoms with E-state index in [2.05, 4.69) is 34.5 Å². The molecule has 7 nitrogen and oxygen atoms in total. The van der Waals surface area contributed by atoms with Gasteiger partial charge in [-0.3, -0.25) is 14.5 Å². The molecule has 1 amide bonds. The van der Waals surface area contributed by atoms with Crippen LogP contribution in [0, 0.1) is 12.7 Å². The van der Waals surface area contributed by atoms with Crippen LogP contribution in [-0.4, -0.2) is 27.0 Å². The number of anilines is 1. The fraction of sp³-hybridized carbons (Fsp3) is 0.105. The number of carbonyl (C=O) groups excluding carboxylic acids is 2. The Morgan fingerprint density at radius 2 is 1.67 bits per heavy atom. The van der Waals surface area contributed by atoms with E-state index in [0.29, 0.717) is 33.6 Å². The van der Waals surface area contributed by atoms with Gasteiger partial charge in [-0.05, 0) is 58.1 Å². The number of amides is 1. The number of aryl methyl sites for hydroxylation is 1. The summed E-state index contributed by atoms with van der Waals surface area (Å²) in [7, 11) is 0. The van der Waals surface area contributed by atoms with Crippen LogP contribution >= 0.6 is 23.1 Å². The van der Waals surface area contributed by atoms with Gasteiger partial charge in [0.1, 0.15) is 23.9 Å². The molecule has 2 heterocycles. The highest BCUT2D eigenvalue weighted by Crippen LogP contribution is 2.44. The molecule has 1 aromatic heterocycles. The van der Waals surface area contributed by atoms with Gasteiger partial charge in [-0.1, -0.05) is 120 Å². The molecule has 0 radical (unpaired) electrons. The Balaban J connectivity index is 1.22. The molecular weight excluding hydrogens is 646 g/mol. The summed E-state index contributed by atoms with van der Waals surface area (Å²) in [5.41, 5.74) is 2.99. The SMILES string of the molecule is Cc1ccc(C(O)=C2C(=O)C(=O)N(c3nnc(SCc4cccc5ccccc45)s3)[C@H]2c2ccc(OCc3ccccc3)cc2)cc1F. The molecule has 0 spiro atoms. The quantitative estimate of drug-likeness (QED) is 0.0540. The van der Waals surface area contributed by atoms with Gasteiger partial charge in [-0.25, -0.2) is 4.39 Å². The summed E-state index contributed by atoms with van der Waals surface area (Å²) in [6.45, 7) is 1.96. The second kappa shape index (κ2) is 13.4. The van der Waals surface area contributed by atoms with Crippen molar-refractivity contribution in [2.75, 3.05) is 4.90 Å². The van der Waals surface area contributed by atoms with E-state index in [1.54, 1.807) is 31.2 Å². The number of aromatic nitrogens is 2. The van der Waals surface area contributed by atoms with Gasteiger partial charge in [0.25, 0.3) is 5.78 Å². The normalized spacial score (nSPS) is 15.7. The lowest BCUT2D eigenvalue weighted by Crippen LogP contribution is -2.29. The number of Topliss-reactive ketones (excluding diaryl/α,β-unsaturated/α-hetero) is 1. The molecule has 1 fully saturated rings. The lowest BCUT2D eigenvalue weighted by atomic mass is 9.95. The summed E-state index contributed by atoms with van der Waals surface area (Å²) in [5, 5.41) is 22.6. The Kier molecular flexibility index (Phi) is 8.75. The summed E-state index contributed by atoms with van der Waals surface area (Å²) in [5.74, 6) is -1.56. The zero-order valence-corrected chi connectivity index (χ0v) is 27.3. The number of aliphatic hydroxyl groups excluding tert-OH is 1. The smallest absolute Gasteiger partial charge is 0.301 e. The van der Waals surface area contributed by atoms with E-state index in [1.807, 2.05) is 48.5 Å². The topological polar surface area (TPSA) is 92.6 Å². The van der Waals surface area contributed by atoms with Gasteiger partial charge < -0.3 is 9.84 Å². The van der Waals surface area contributed by atoms with E-state index < -0.39 is 29.3 Å². The van der Waals surface area contributed by atoms with Crippen LogP contribution in [0.25, 0.3) is 16.5 Å². The lowest BCUT2D eigenvalue weighted by molar-refractivity contribution is -0.132. The number of nitrogens with zero attached hydrogens (tertiary/aromatic N) is 3. The Labute approximate surface area is 284 Å². The average Bonchev–Trinajstić information content (AvgIpc) is 3.69. The van der Waals surface area contributed by atoms with Crippen molar-refractivity contribution >= 4 is 56.5 Å². The molecule has 1 aliphatic rings. The van der Waals surface area contributed by atoms with Crippen molar-refractivity contribution in [2.24, 2.45) is 0 Å². The maximum atomic E-state index is 14.6. The molecule has 0 saturated carbocycles. The highest BCUT2D eigenvalue weighted by atomic mass is 32.2. The van der Waals surface area contributed by atoms with E-state index in [-0.39, 0.29) is 16.3 Å². The minimum Gasteiger partial charge on any atom is -0.507 e. The Bertz CT molecular complexity index is 2180. The molecule has 10 heteroatoms. The summed E-state index contributed by atoms with van der Waals surface area (Å²) >= 11 is 2.67. The number of rotatable bonds is 9. The maximum Gasteiger partial charge on any atom is 0.301 e. The second-order valence-electron chi connectivity index (χ2n) is 11.3. The minimum atomic E-state index is -1.04. The molecule has 0 aliphatic carbocycles. The molecule has 5 aromatic carbocycles. The van der Waals surface area contributed by atoms with Crippen LogP contribution in [0.5, 0.6) is 5.75 Å². The van der Waals surface area contributed by atoms with E-state index in [9.17, 15) is 19.1 Å². The molecule has 0 bridgehead atoms. The van der Waals surface area contributed by atoms with E-state index in [0.717, 1.165) is 28.0 Å². The molecular formula is C38H28FN3O4S2. The number of hydrogen-bond donors (Lipinski definition) is 1. The highest BCUT2D eigenvalue weighted by molar-refractivity contribution is 8.00. The fourth-order valence-electron chi connectivity index (χ4n) is 5.64. The first-order chi connectivity index (χ1) is 23.4. The van der Waals surface area contributed by atoms with Crippen LogP contribution in [0.15, 0.2) is 125 Å². The number of aliphatic hydroxyl groups is 1. The Morgan fingerprint density at radius 3 is 2.46 bits per heavy atom. The first-order valence-electron chi connectivity index (χ1n) is 15.1. The van der Waals surface area contributed by atoms with Crippen molar-refractivity contribution in [3.05, 3.63) is 154 Å². The third-order valence-corrected chi connectivity index (χ3v) is 10.3. The van der Waals surface area contributed by atoms with Crippen LogP contribution in [-0.2, 0) is 21.9 Å². The van der Waals surface area contributed by atoms with Crippen LogP contribution in [0.2, 0.25) is 0 Å². The molecule has 238 valence electrons. The van der Waals surface area contributed by atoms with Crippen molar-refractivity contribution in [1.29, 1.82) is 0 Å². The number of ether oxygens (including phenoxy) is 1. The molecule has 0 unspecified atom stereocenters. The predicted molar refractivity (Wildman–Crippen MR) is 187 cm³/mol. The molecule has 48 heavy (non-hydrogen) atoms. The summed E-state index contributed by atoms with van der Waals surface area (Å²) < 4.78 is 21.1. The van der Waals surface area contributed by atoms with Gasteiger partial charge in [0.05, 0.1) is 11.6 Å². The first-order valence-corrected chi connectivity index (χ1v) is 16.9. The summed E-state index contributed by atoms with van der Waals surface area (Å²) in [6, 6.07) is 34.2. The standard InChI is InChI=1S/C38H28FN3O4S2/c1-23-14-15-27(20-31(23)39)34(43)32-33(26-16-18-29(19-17-26)46-21-24-8-3-2-4-9-24)42(36(45)35(32)44)37-40-41-38(48-37)47-22-28-12-7-11-25-10-5-6-13-30(25)28/h2-20,33,43H,21-22H2,1H3/t33-/m0/s1. The van der Waals surface area contributed by atoms with Gasteiger partial charge in [0.2, 0.25) is 5.13 Å². The number of benzene rings is 5. The predicted octanol–water partition coefficient (Wildman–Crippen LogP) is 8.64. The summed E-state index contributed by atoms with van der Waals surface area (Å²) in [4.78, 5) is 28.6. The second-order valence-corrected chi connectivity index (χ2v) is 13.4. The third kappa shape index (κ3) is 6.20. The van der Waals surface area contributed by atoms with Crippen molar-refractivity contribution < 1.29 is 23.8 Å². The zero-order valence-electron chi connectivity index (χ0n) is 25.7. The van der Waals surface area contributed by atoms with Crippen LogP contribution in [0.3, 0.4) is 0 Å². The minimum absolute atomic E-state index is 0.0903. The molecule has 1 N–H and O–H groups in total. The van der Waals surface area contributed by atoms with Crippen LogP contribution < -0.4 is 9.64 Å². The van der Waals surface area contributed by atoms with Gasteiger partial charge in [0, 0.05) is 11.3 Å². The van der Waals surface area contributed by atoms with E-state index in [1.165, 1.54) is 40.1 Å². The Hall–Kier alpha value is -5.32. The highest BCUT2D eigenvalue weighted by Gasteiger charge is 2.48. The Morgan fingerprint density at radius 1 is 0.917 bits per heavy atom. The fourth-order valence-corrected chi connectivity index (χ4v) is 7.52. The largest absolute Gasteiger partial charge is 0.507 e. The van der Waals surface area contributed by atoms with Gasteiger partial charge in [0.15, 0.2) is 4.34 Å². The maximum absolute atomic E-state index is 14.6. The molecule has 1 saturated heterocycles. The number of thioether (sulfide) groups is 1. The van der Waals surface area contributed by atoms with Crippen molar-refractivity contribution in [2.45, 2.75) is 29.7 Å². The number of ketones is 1. The molecule has 7 rings (SSSR count). The van der Waals surface area contributed by atoms with Crippen molar-refractivity contribution in [3.63, 3.8) is 0 Å². The third-order valence-electron chi connectivity index (χ3n) is 8.17. The van der Waals surface area contributed by atoms with Gasteiger partial charge in [-0.2, -0.15) is 0 Å². The van der Waals surface area contributed by atoms with Crippen LogP contribution in [0.4, 0.5) is 9.52 Å². The molecule has 1 atom stereocenters. The number of fused-ring (bicyclic) bond motifs is 1. The average molecular weight is 674 g/mol. The van der Waals surface area contributed by atoms with Crippen molar-refractivity contribution in [1.82, 2.24) is 10.2 Å². The number of carbonyl (C=O) groups is 2. The summed E-state index contributed by atoms with van der Waals surface area (Å²) in [6.07, 6.45) is 0. The number of hydrogen-bond acceptors (Lipinski definition) is 8. The zero-order chi connectivity index (χ0) is 33.2. The monoisotopic (exact) mass is 673 g/mol. The van der Waals surface area contributed by atoms with Gasteiger partial charge >= 0.3 is 5.91 Å². The van der Waals surface area contributed by atoms with E-state index >= 15 is 0 Å². The van der Waals surface area contributed by atoms with Crippen LogP contribution in [0.1, 0.15) is 33.9 Å².